The summed E-state index contributed by atoms with van der Waals surface area (Å²) in [5, 5.41) is 0.267. The van der Waals surface area contributed by atoms with Gasteiger partial charge in [-0.3, -0.25) is 4.79 Å². The maximum Gasteiger partial charge on any atom is 0.410 e. The predicted molar refractivity (Wildman–Crippen MR) is 82.8 cm³/mol. The van der Waals surface area contributed by atoms with Gasteiger partial charge in [0.1, 0.15) is 19.1 Å². The summed E-state index contributed by atoms with van der Waals surface area (Å²) in [6.07, 6.45) is 0.239. The van der Waals surface area contributed by atoms with Gasteiger partial charge in [0.15, 0.2) is 0 Å². The van der Waals surface area contributed by atoms with E-state index in [9.17, 15) is 18.4 Å². The molecule has 24 heavy (non-hydrogen) atoms. The van der Waals surface area contributed by atoms with E-state index in [0.29, 0.717) is 18.5 Å². The number of carbonyl (C=O) groups excluding carboxylic acids is 2. The van der Waals surface area contributed by atoms with Gasteiger partial charge in [0.2, 0.25) is 5.91 Å². The van der Waals surface area contributed by atoms with E-state index >= 15 is 0 Å². The van der Waals surface area contributed by atoms with Crippen molar-refractivity contribution in [3.63, 3.8) is 0 Å². The Morgan fingerprint density at radius 2 is 2.17 bits per heavy atom. The first-order valence-electron chi connectivity index (χ1n) is 7.74. The Morgan fingerprint density at radius 3 is 2.88 bits per heavy atom. The summed E-state index contributed by atoms with van der Waals surface area (Å²) in [6.45, 7) is -0.286. The van der Waals surface area contributed by atoms with Crippen LogP contribution in [0.2, 0.25) is 5.02 Å². The van der Waals surface area contributed by atoms with E-state index in [1.54, 1.807) is 11.0 Å². The molecule has 0 radical (unpaired) electrons. The van der Waals surface area contributed by atoms with Crippen molar-refractivity contribution >= 4 is 23.6 Å². The van der Waals surface area contributed by atoms with E-state index < -0.39 is 18.6 Å². The lowest BCUT2D eigenvalue weighted by Gasteiger charge is -2.25. The van der Waals surface area contributed by atoms with Crippen LogP contribution in [0.15, 0.2) is 18.2 Å². The number of fused-ring (bicyclic) bond motifs is 1. The number of benzene rings is 1. The third kappa shape index (κ3) is 3.17. The Hall–Kier alpha value is -1.89. The second-order valence-corrected chi connectivity index (χ2v) is 6.29. The fraction of sp³-hybridized carbons (Fsp3) is 0.500. The summed E-state index contributed by atoms with van der Waals surface area (Å²) in [4.78, 5) is 27.4. The van der Waals surface area contributed by atoms with Crippen LogP contribution in [0, 0.1) is 5.82 Å². The summed E-state index contributed by atoms with van der Waals surface area (Å²) in [5.41, 5.74) is 0.658. The van der Waals surface area contributed by atoms with Crippen LogP contribution in [0.1, 0.15) is 18.4 Å². The number of halogens is 3. The zero-order valence-electron chi connectivity index (χ0n) is 12.9. The second-order valence-electron chi connectivity index (χ2n) is 5.88. The van der Waals surface area contributed by atoms with E-state index in [2.05, 4.69) is 0 Å². The molecule has 2 amide bonds. The Kier molecular flexibility index (Phi) is 4.89. The number of alkyl halides is 1. The minimum absolute atomic E-state index is 0.0895. The fourth-order valence-corrected chi connectivity index (χ4v) is 3.63. The second kappa shape index (κ2) is 6.93. The molecule has 8 heteroatoms. The average molecular weight is 359 g/mol. The molecule has 2 saturated heterocycles. The zero-order valence-corrected chi connectivity index (χ0v) is 13.6. The molecule has 1 aromatic rings. The van der Waals surface area contributed by atoms with Gasteiger partial charge >= 0.3 is 6.09 Å². The molecule has 1 aromatic carbocycles. The lowest BCUT2D eigenvalue weighted by Crippen LogP contribution is -2.40. The molecule has 0 aliphatic carbocycles. The van der Waals surface area contributed by atoms with Gasteiger partial charge in [0.05, 0.1) is 12.1 Å². The molecule has 3 rings (SSSR count). The highest BCUT2D eigenvalue weighted by Gasteiger charge is 2.48. The average Bonchev–Trinajstić information content (AvgIpc) is 3.07. The van der Waals surface area contributed by atoms with Crippen molar-refractivity contribution in [1.82, 2.24) is 9.80 Å². The van der Waals surface area contributed by atoms with Crippen LogP contribution in [0.3, 0.4) is 0 Å². The molecule has 2 heterocycles. The highest BCUT2D eigenvalue weighted by molar-refractivity contribution is 6.31. The molecule has 130 valence electrons. The third-order valence-electron chi connectivity index (χ3n) is 4.51. The molecule has 0 saturated carbocycles. The molecule has 2 aliphatic heterocycles. The molecule has 2 aliphatic rings. The molecule has 0 spiro atoms. The van der Waals surface area contributed by atoms with E-state index in [1.165, 1.54) is 17.0 Å². The Balaban J connectivity index is 1.71. The normalized spacial score (nSPS) is 22.9. The summed E-state index contributed by atoms with van der Waals surface area (Å²) < 4.78 is 30.1. The first-order chi connectivity index (χ1) is 11.5. The van der Waals surface area contributed by atoms with Gasteiger partial charge in [-0.15, -0.1) is 0 Å². The zero-order chi connectivity index (χ0) is 17.3. The Morgan fingerprint density at radius 1 is 1.38 bits per heavy atom. The van der Waals surface area contributed by atoms with Crippen LogP contribution in [-0.2, 0) is 16.1 Å². The molecule has 5 nitrogen and oxygen atoms in total. The fourth-order valence-electron chi connectivity index (χ4n) is 3.40. The van der Waals surface area contributed by atoms with Crippen LogP contribution < -0.4 is 0 Å². The minimum Gasteiger partial charge on any atom is -0.447 e. The lowest BCUT2D eigenvalue weighted by atomic mass is 10.1. The molecular weight excluding hydrogens is 342 g/mol. The largest absolute Gasteiger partial charge is 0.447 e. The van der Waals surface area contributed by atoms with Crippen molar-refractivity contribution in [2.45, 2.75) is 31.5 Å². The van der Waals surface area contributed by atoms with Crippen molar-refractivity contribution in [3.05, 3.63) is 34.6 Å². The summed E-state index contributed by atoms with van der Waals surface area (Å²) in [6, 6.07) is 3.67. The van der Waals surface area contributed by atoms with Gasteiger partial charge in [-0.25, -0.2) is 13.6 Å². The predicted octanol–water partition coefficient (Wildman–Crippen LogP) is 2.76. The highest BCUT2D eigenvalue weighted by Crippen LogP contribution is 2.34. The maximum atomic E-state index is 13.1. The topological polar surface area (TPSA) is 49.9 Å². The molecule has 0 unspecified atom stereocenters. The molecule has 0 N–H and O–H groups in total. The SMILES string of the molecule is O=C1C[C@H]2[C@H](CCN2C(=O)OCCF)N1Cc1ccc(F)cc1Cl. The summed E-state index contributed by atoms with van der Waals surface area (Å²) in [5.74, 6) is -0.523. The highest BCUT2D eigenvalue weighted by atomic mass is 35.5. The van der Waals surface area contributed by atoms with Crippen LogP contribution in [0.5, 0.6) is 0 Å². The smallest absolute Gasteiger partial charge is 0.410 e. The number of hydrogen-bond donors (Lipinski definition) is 0. The molecule has 0 aromatic heterocycles. The monoisotopic (exact) mass is 358 g/mol. The minimum atomic E-state index is -0.734. The molecular formula is C16H17ClF2N2O3. The van der Waals surface area contributed by atoms with Crippen molar-refractivity contribution in [1.29, 1.82) is 0 Å². The number of hydrogen-bond acceptors (Lipinski definition) is 3. The number of ether oxygens (including phenoxy) is 1. The van der Waals surface area contributed by atoms with Crippen LogP contribution >= 0.6 is 11.6 Å². The van der Waals surface area contributed by atoms with Gasteiger partial charge in [-0.05, 0) is 24.1 Å². The van der Waals surface area contributed by atoms with E-state index in [4.69, 9.17) is 16.3 Å². The summed E-state index contributed by atoms with van der Waals surface area (Å²) in [7, 11) is 0. The van der Waals surface area contributed by atoms with E-state index in [-0.39, 0.29) is 42.6 Å². The number of amides is 2. The number of nitrogens with zero attached hydrogens (tertiary/aromatic N) is 2. The van der Waals surface area contributed by atoms with Crippen LogP contribution in [-0.4, -0.2) is 53.7 Å². The molecule has 2 atom stereocenters. The first-order valence-corrected chi connectivity index (χ1v) is 8.12. The standard InChI is InChI=1S/C16H17ClF2N2O3/c17-12-7-11(19)2-1-10(12)9-21-13-3-5-20(14(13)8-15(21)22)16(23)24-6-4-18/h1-2,7,13-14H,3-6,8-9H2/t13-,14-/m0/s1. The van der Waals surface area contributed by atoms with Gasteiger partial charge in [0, 0.05) is 24.5 Å². The maximum absolute atomic E-state index is 13.1. The Bertz CT molecular complexity index is 658. The molecule has 0 bridgehead atoms. The summed E-state index contributed by atoms with van der Waals surface area (Å²) >= 11 is 6.04. The number of carbonyl (C=O) groups is 2. The molecule has 2 fully saturated rings. The lowest BCUT2D eigenvalue weighted by molar-refractivity contribution is -0.129. The van der Waals surface area contributed by atoms with Crippen LogP contribution in [0.25, 0.3) is 0 Å². The number of rotatable bonds is 4. The van der Waals surface area contributed by atoms with Crippen LogP contribution in [0.4, 0.5) is 13.6 Å². The van der Waals surface area contributed by atoms with Crippen molar-refractivity contribution in [3.8, 4) is 0 Å². The van der Waals surface area contributed by atoms with Crippen molar-refractivity contribution in [2.24, 2.45) is 0 Å². The first kappa shape index (κ1) is 17.0. The van der Waals surface area contributed by atoms with Crippen molar-refractivity contribution in [2.75, 3.05) is 19.8 Å². The quantitative estimate of drug-likeness (QED) is 0.831. The number of likely N-dealkylation sites (tertiary alicyclic amines) is 2. The van der Waals surface area contributed by atoms with Gasteiger partial charge in [-0.2, -0.15) is 0 Å². The van der Waals surface area contributed by atoms with Gasteiger partial charge < -0.3 is 14.5 Å². The van der Waals surface area contributed by atoms with Crippen molar-refractivity contribution < 1.29 is 23.1 Å². The van der Waals surface area contributed by atoms with Gasteiger partial charge in [0.25, 0.3) is 0 Å². The van der Waals surface area contributed by atoms with Gasteiger partial charge in [-0.1, -0.05) is 17.7 Å². The van der Waals surface area contributed by atoms with E-state index in [1.807, 2.05) is 0 Å². The van der Waals surface area contributed by atoms with E-state index in [0.717, 1.165) is 0 Å². The third-order valence-corrected chi connectivity index (χ3v) is 4.86. The Labute approximate surface area is 143 Å².